The molecule has 3 nitrogen and oxygen atoms in total. The van der Waals surface area contributed by atoms with Crippen LogP contribution in [0.4, 0.5) is 5.69 Å². The highest BCUT2D eigenvalue weighted by molar-refractivity contribution is 6.32. The molecule has 0 N–H and O–H groups in total. The van der Waals surface area contributed by atoms with E-state index in [1.54, 1.807) is 26.5 Å². The van der Waals surface area contributed by atoms with Crippen molar-refractivity contribution in [3.63, 3.8) is 0 Å². The summed E-state index contributed by atoms with van der Waals surface area (Å²) in [4.78, 5) is 4.37. The Morgan fingerprint density at radius 2 is 1.79 bits per heavy atom. The molecule has 0 amide bonds. The van der Waals surface area contributed by atoms with Crippen LogP contribution in [-0.4, -0.2) is 20.4 Å². The standard InChI is InChI=1S/C15H14ClNO2/c1-18-14-9-11(8-13(16)15(14)19-2)10-17-12-6-4-3-5-7-12/h3-10H,1-2H3. The zero-order valence-corrected chi connectivity index (χ0v) is 11.5. The summed E-state index contributed by atoms with van der Waals surface area (Å²) in [6, 6.07) is 13.3. The Balaban J connectivity index is 2.31. The molecule has 0 aliphatic carbocycles. The fraction of sp³-hybridized carbons (Fsp3) is 0.133. The summed E-state index contributed by atoms with van der Waals surface area (Å²) in [5.74, 6) is 1.12. The average molecular weight is 276 g/mol. The number of hydrogen-bond donors (Lipinski definition) is 0. The van der Waals surface area contributed by atoms with E-state index in [0.717, 1.165) is 11.3 Å². The number of methoxy groups -OCH3 is 2. The number of benzene rings is 2. The van der Waals surface area contributed by atoms with Gasteiger partial charge >= 0.3 is 0 Å². The third-order valence-corrected chi connectivity index (χ3v) is 2.86. The van der Waals surface area contributed by atoms with E-state index in [2.05, 4.69) is 4.99 Å². The van der Waals surface area contributed by atoms with E-state index in [1.165, 1.54) is 0 Å². The van der Waals surface area contributed by atoms with Crippen molar-refractivity contribution in [2.24, 2.45) is 4.99 Å². The Morgan fingerprint density at radius 1 is 1.05 bits per heavy atom. The number of hydrogen-bond acceptors (Lipinski definition) is 3. The molecule has 0 aromatic heterocycles. The second-order valence-electron chi connectivity index (χ2n) is 3.83. The van der Waals surface area contributed by atoms with Crippen molar-refractivity contribution in [1.29, 1.82) is 0 Å². The van der Waals surface area contributed by atoms with Crippen molar-refractivity contribution in [3.8, 4) is 11.5 Å². The second kappa shape index (κ2) is 6.25. The average Bonchev–Trinajstić information content (AvgIpc) is 2.45. The lowest BCUT2D eigenvalue weighted by Gasteiger charge is -2.09. The topological polar surface area (TPSA) is 30.8 Å². The molecule has 0 spiro atoms. The van der Waals surface area contributed by atoms with E-state index in [-0.39, 0.29) is 0 Å². The van der Waals surface area contributed by atoms with Crippen LogP contribution in [0.2, 0.25) is 5.02 Å². The van der Waals surface area contributed by atoms with Gasteiger partial charge in [0.2, 0.25) is 0 Å². The minimum absolute atomic E-state index is 0.497. The minimum Gasteiger partial charge on any atom is -0.493 e. The van der Waals surface area contributed by atoms with Crippen molar-refractivity contribution in [1.82, 2.24) is 0 Å². The molecule has 0 heterocycles. The van der Waals surface area contributed by atoms with Crippen LogP contribution in [0.5, 0.6) is 11.5 Å². The maximum absolute atomic E-state index is 6.13. The summed E-state index contributed by atoms with van der Waals surface area (Å²) in [6.07, 6.45) is 1.74. The number of aliphatic imine (C=N–C) groups is 1. The van der Waals surface area contributed by atoms with Crippen molar-refractivity contribution in [2.75, 3.05) is 14.2 Å². The van der Waals surface area contributed by atoms with Gasteiger partial charge in [0.25, 0.3) is 0 Å². The molecule has 0 radical (unpaired) electrons. The smallest absolute Gasteiger partial charge is 0.179 e. The third-order valence-electron chi connectivity index (χ3n) is 2.57. The summed E-state index contributed by atoms with van der Waals surface area (Å²) in [6.45, 7) is 0. The van der Waals surface area contributed by atoms with Gasteiger partial charge in [0.05, 0.1) is 24.9 Å². The van der Waals surface area contributed by atoms with Gasteiger partial charge in [-0.15, -0.1) is 0 Å². The van der Waals surface area contributed by atoms with E-state index in [1.807, 2.05) is 36.4 Å². The van der Waals surface area contributed by atoms with Gasteiger partial charge in [-0.1, -0.05) is 29.8 Å². The predicted molar refractivity (Wildman–Crippen MR) is 78.3 cm³/mol. The van der Waals surface area contributed by atoms with Crippen molar-refractivity contribution < 1.29 is 9.47 Å². The maximum Gasteiger partial charge on any atom is 0.179 e. The predicted octanol–water partition coefficient (Wildman–Crippen LogP) is 4.11. The van der Waals surface area contributed by atoms with Gasteiger partial charge in [0.1, 0.15) is 0 Å². The molecule has 19 heavy (non-hydrogen) atoms. The molecule has 0 fully saturated rings. The number of ether oxygens (including phenoxy) is 2. The van der Waals surface area contributed by atoms with Gasteiger partial charge in [0.15, 0.2) is 11.5 Å². The fourth-order valence-electron chi connectivity index (χ4n) is 1.68. The monoisotopic (exact) mass is 275 g/mol. The normalized spacial score (nSPS) is 10.7. The largest absolute Gasteiger partial charge is 0.493 e. The van der Waals surface area contributed by atoms with Gasteiger partial charge in [-0.3, -0.25) is 4.99 Å². The first-order valence-electron chi connectivity index (χ1n) is 5.75. The van der Waals surface area contributed by atoms with Crippen LogP contribution in [0.15, 0.2) is 47.5 Å². The summed E-state index contributed by atoms with van der Waals surface area (Å²) < 4.78 is 10.4. The number of halogens is 1. The molecule has 0 atom stereocenters. The van der Waals surface area contributed by atoms with Crippen molar-refractivity contribution in [2.45, 2.75) is 0 Å². The number of para-hydroxylation sites is 1. The van der Waals surface area contributed by atoms with Crippen LogP contribution in [0, 0.1) is 0 Å². The van der Waals surface area contributed by atoms with E-state index in [0.29, 0.717) is 16.5 Å². The van der Waals surface area contributed by atoms with Crippen LogP contribution in [0.25, 0.3) is 0 Å². The van der Waals surface area contributed by atoms with Gasteiger partial charge < -0.3 is 9.47 Å². The highest BCUT2D eigenvalue weighted by Gasteiger charge is 2.09. The molecular weight excluding hydrogens is 262 g/mol. The molecule has 0 saturated heterocycles. The first-order valence-corrected chi connectivity index (χ1v) is 6.13. The highest BCUT2D eigenvalue weighted by Crippen LogP contribution is 2.35. The molecule has 0 aliphatic rings. The Bertz CT molecular complexity index is 582. The minimum atomic E-state index is 0.497. The molecule has 2 aromatic rings. The number of rotatable bonds is 4. The first kappa shape index (κ1) is 13.4. The zero-order chi connectivity index (χ0) is 13.7. The van der Waals surface area contributed by atoms with Gasteiger partial charge in [0, 0.05) is 6.21 Å². The molecule has 4 heteroatoms. The molecular formula is C15H14ClNO2. The molecule has 2 rings (SSSR count). The number of nitrogens with zero attached hydrogens (tertiary/aromatic N) is 1. The molecule has 0 bridgehead atoms. The maximum atomic E-state index is 6.13. The quantitative estimate of drug-likeness (QED) is 0.786. The van der Waals surface area contributed by atoms with E-state index < -0.39 is 0 Å². The van der Waals surface area contributed by atoms with Gasteiger partial charge in [-0.25, -0.2) is 0 Å². The molecule has 2 aromatic carbocycles. The van der Waals surface area contributed by atoms with E-state index >= 15 is 0 Å². The Morgan fingerprint density at radius 3 is 2.42 bits per heavy atom. The lowest BCUT2D eigenvalue weighted by Crippen LogP contribution is -1.93. The first-order chi connectivity index (χ1) is 9.24. The fourth-order valence-corrected chi connectivity index (χ4v) is 1.97. The summed E-state index contributed by atoms with van der Waals surface area (Å²) in [7, 11) is 3.13. The van der Waals surface area contributed by atoms with Crippen LogP contribution >= 0.6 is 11.6 Å². The molecule has 0 aliphatic heterocycles. The van der Waals surface area contributed by atoms with Crippen molar-refractivity contribution >= 4 is 23.5 Å². The van der Waals surface area contributed by atoms with E-state index in [4.69, 9.17) is 21.1 Å². The summed E-state index contributed by atoms with van der Waals surface area (Å²) in [5, 5.41) is 0.497. The SMILES string of the molecule is COc1cc(C=Nc2ccccc2)cc(Cl)c1OC. The molecule has 98 valence electrons. The molecule has 0 saturated carbocycles. The summed E-state index contributed by atoms with van der Waals surface area (Å²) in [5.41, 5.74) is 1.74. The van der Waals surface area contributed by atoms with Gasteiger partial charge in [-0.05, 0) is 29.8 Å². The van der Waals surface area contributed by atoms with Crippen molar-refractivity contribution in [3.05, 3.63) is 53.1 Å². The summed E-state index contributed by atoms with van der Waals surface area (Å²) >= 11 is 6.13. The zero-order valence-electron chi connectivity index (χ0n) is 10.8. The third kappa shape index (κ3) is 3.26. The Hall–Kier alpha value is -2.00. The Labute approximate surface area is 117 Å². The van der Waals surface area contributed by atoms with E-state index in [9.17, 15) is 0 Å². The van der Waals surface area contributed by atoms with Gasteiger partial charge in [-0.2, -0.15) is 0 Å². The lowest BCUT2D eigenvalue weighted by molar-refractivity contribution is 0.355. The highest BCUT2D eigenvalue weighted by atomic mass is 35.5. The van der Waals surface area contributed by atoms with Crippen LogP contribution < -0.4 is 9.47 Å². The second-order valence-corrected chi connectivity index (χ2v) is 4.24. The lowest BCUT2D eigenvalue weighted by atomic mass is 10.2. The van der Waals surface area contributed by atoms with Crippen LogP contribution in [-0.2, 0) is 0 Å². The molecule has 0 unspecified atom stereocenters. The Kier molecular flexibility index (Phi) is 4.42. The van der Waals surface area contributed by atoms with Crippen LogP contribution in [0.3, 0.4) is 0 Å². The van der Waals surface area contributed by atoms with Crippen LogP contribution in [0.1, 0.15) is 5.56 Å².